The number of anilines is 1. The lowest BCUT2D eigenvalue weighted by molar-refractivity contribution is -0.116. The van der Waals surface area contributed by atoms with Gasteiger partial charge in [0, 0.05) is 11.8 Å². The molecule has 4 fully saturated rings. The molecule has 1 amide bonds. The summed E-state index contributed by atoms with van der Waals surface area (Å²) in [7, 11) is 0. The third-order valence-corrected chi connectivity index (χ3v) is 6.73. The fraction of sp³-hybridized carbons (Fsp3) is 0.812. The zero-order valence-electron chi connectivity index (χ0n) is 12.6. The number of hydrogen-bond donors (Lipinski definition) is 1. The molecule has 0 radical (unpaired) electrons. The Labute approximate surface area is 129 Å². The van der Waals surface area contributed by atoms with Crippen LogP contribution in [0.25, 0.3) is 0 Å². The Morgan fingerprint density at radius 3 is 2.38 bits per heavy atom. The number of amides is 1. The van der Waals surface area contributed by atoms with E-state index in [1.807, 2.05) is 6.92 Å². The van der Waals surface area contributed by atoms with Crippen molar-refractivity contribution < 1.29 is 4.79 Å². The second-order valence-corrected chi connectivity index (χ2v) is 8.39. The quantitative estimate of drug-likeness (QED) is 0.922. The van der Waals surface area contributed by atoms with Crippen LogP contribution < -0.4 is 5.32 Å². The zero-order chi connectivity index (χ0) is 14.4. The molecule has 5 heteroatoms. The first-order valence-electron chi connectivity index (χ1n) is 8.31. The number of nitrogens with zero attached hydrogens (tertiary/aromatic N) is 2. The number of carbonyl (C=O) groups excluding carboxylic acids is 1. The lowest BCUT2D eigenvalue weighted by Gasteiger charge is -2.55. The van der Waals surface area contributed by atoms with E-state index < -0.39 is 0 Å². The van der Waals surface area contributed by atoms with Crippen molar-refractivity contribution in [3.63, 3.8) is 0 Å². The third kappa shape index (κ3) is 2.39. The number of nitrogens with one attached hydrogen (secondary N) is 1. The van der Waals surface area contributed by atoms with Crippen LogP contribution in [0.5, 0.6) is 0 Å². The summed E-state index contributed by atoms with van der Waals surface area (Å²) in [5, 5.41) is 13.5. The molecule has 21 heavy (non-hydrogen) atoms. The standard InChI is InChI=1S/C16H23N3OS/c1-2-3-13(20)17-15-19-18-14(21-15)16-7-10-4-11(8-16)6-12(5-10)9-16/h10-12H,2-9H2,1H3,(H,17,19,20). The Morgan fingerprint density at radius 2 is 1.81 bits per heavy atom. The van der Waals surface area contributed by atoms with Crippen molar-refractivity contribution in [2.45, 2.75) is 63.7 Å². The van der Waals surface area contributed by atoms with Gasteiger partial charge in [0.2, 0.25) is 11.0 Å². The molecule has 1 aromatic rings. The van der Waals surface area contributed by atoms with Crippen LogP contribution in [-0.2, 0) is 10.2 Å². The molecule has 1 heterocycles. The van der Waals surface area contributed by atoms with Gasteiger partial charge in [-0.1, -0.05) is 18.3 Å². The van der Waals surface area contributed by atoms with E-state index in [1.54, 1.807) is 11.3 Å². The molecule has 0 saturated heterocycles. The maximum atomic E-state index is 11.7. The summed E-state index contributed by atoms with van der Waals surface area (Å²) in [5.41, 5.74) is 0.292. The highest BCUT2D eigenvalue weighted by atomic mass is 32.1. The van der Waals surface area contributed by atoms with Crippen LogP contribution >= 0.6 is 11.3 Å². The zero-order valence-corrected chi connectivity index (χ0v) is 13.4. The number of carbonyl (C=O) groups is 1. The van der Waals surface area contributed by atoms with Gasteiger partial charge in [-0.3, -0.25) is 4.79 Å². The smallest absolute Gasteiger partial charge is 0.226 e. The van der Waals surface area contributed by atoms with E-state index in [1.165, 1.54) is 43.5 Å². The Hall–Kier alpha value is -0.970. The second-order valence-electron chi connectivity index (χ2n) is 7.41. The molecule has 4 saturated carbocycles. The molecule has 1 aromatic heterocycles. The van der Waals surface area contributed by atoms with Gasteiger partial charge in [0.25, 0.3) is 0 Å². The normalized spacial score (nSPS) is 36.9. The molecule has 4 aliphatic rings. The minimum absolute atomic E-state index is 0.0608. The summed E-state index contributed by atoms with van der Waals surface area (Å²) in [6.07, 6.45) is 9.66. The average molecular weight is 305 g/mol. The Bertz CT molecular complexity index is 518. The summed E-state index contributed by atoms with van der Waals surface area (Å²) in [6.45, 7) is 2.01. The highest BCUT2D eigenvalue weighted by Gasteiger charge is 2.53. The maximum Gasteiger partial charge on any atom is 0.226 e. The largest absolute Gasteiger partial charge is 0.301 e. The van der Waals surface area contributed by atoms with Crippen LogP contribution in [0.2, 0.25) is 0 Å². The topological polar surface area (TPSA) is 54.9 Å². The summed E-state index contributed by atoms with van der Waals surface area (Å²) in [4.78, 5) is 11.7. The Kier molecular flexibility index (Phi) is 3.28. The molecule has 0 aromatic carbocycles. The first-order valence-corrected chi connectivity index (χ1v) is 9.12. The van der Waals surface area contributed by atoms with Gasteiger partial charge in [-0.2, -0.15) is 0 Å². The Morgan fingerprint density at radius 1 is 1.19 bits per heavy atom. The van der Waals surface area contributed by atoms with E-state index >= 15 is 0 Å². The van der Waals surface area contributed by atoms with E-state index in [4.69, 9.17) is 0 Å². The summed E-state index contributed by atoms with van der Waals surface area (Å²) >= 11 is 1.62. The van der Waals surface area contributed by atoms with Crippen LogP contribution in [0.3, 0.4) is 0 Å². The minimum atomic E-state index is 0.0608. The molecule has 4 nitrogen and oxygen atoms in total. The first-order chi connectivity index (χ1) is 10.2. The highest BCUT2D eigenvalue weighted by Crippen LogP contribution is 2.61. The van der Waals surface area contributed by atoms with Crippen molar-refractivity contribution in [2.24, 2.45) is 17.8 Å². The van der Waals surface area contributed by atoms with Gasteiger partial charge in [-0.15, -0.1) is 10.2 Å². The van der Waals surface area contributed by atoms with Crippen LogP contribution in [0.1, 0.15) is 63.3 Å². The van der Waals surface area contributed by atoms with E-state index in [9.17, 15) is 4.79 Å². The maximum absolute atomic E-state index is 11.7. The van der Waals surface area contributed by atoms with E-state index in [-0.39, 0.29) is 5.91 Å². The van der Waals surface area contributed by atoms with Gasteiger partial charge in [-0.25, -0.2) is 0 Å². The predicted octanol–water partition coefficient (Wildman–Crippen LogP) is 3.74. The molecule has 4 aliphatic carbocycles. The van der Waals surface area contributed by atoms with E-state index in [0.717, 1.165) is 24.2 Å². The summed E-state index contributed by atoms with van der Waals surface area (Å²) < 4.78 is 0. The molecule has 1 N–H and O–H groups in total. The molecule has 5 rings (SSSR count). The fourth-order valence-corrected chi connectivity index (χ4v) is 6.25. The summed E-state index contributed by atoms with van der Waals surface area (Å²) in [5.74, 6) is 2.81. The molecule has 4 bridgehead atoms. The van der Waals surface area contributed by atoms with Gasteiger partial charge in [0.15, 0.2) is 0 Å². The SMILES string of the molecule is CCCC(=O)Nc1nnc(C23CC4CC(CC(C4)C2)C3)s1. The molecule has 0 unspecified atom stereocenters. The van der Waals surface area contributed by atoms with Crippen LogP contribution in [-0.4, -0.2) is 16.1 Å². The van der Waals surface area contributed by atoms with Crippen molar-refractivity contribution in [1.29, 1.82) is 0 Å². The lowest BCUT2D eigenvalue weighted by Crippen LogP contribution is -2.48. The van der Waals surface area contributed by atoms with E-state index in [2.05, 4.69) is 15.5 Å². The van der Waals surface area contributed by atoms with Crippen molar-refractivity contribution in [3.05, 3.63) is 5.01 Å². The fourth-order valence-electron chi connectivity index (χ4n) is 5.27. The third-order valence-electron chi connectivity index (χ3n) is 5.64. The average Bonchev–Trinajstić information content (AvgIpc) is 2.86. The van der Waals surface area contributed by atoms with Crippen molar-refractivity contribution in [1.82, 2.24) is 10.2 Å². The van der Waals surface area contributed by atoms with Crippen molar-refractivity contribution in [2.75, 3.05) is 5.32 Å². The predicted molar refractivity (Wildman–Crippen MR) is 83.3 cm³/mol. The van der Waals surface area contributed by atoms with Crippen LogP contribution in [0.4, 0.5) is 5.13 Å². The van der Waals surface area contributed by atoms with Gasteiger partial charge >= 0.3 is 0 Å². The van der Waals surface area contributed by atoms with Gasteiger partial charge in [0.05, 0.1) is 0 Å². The van der Waals surface area contributed by atoms with Gasteiger partial charge < -0.3 is 5.32 Å². The Balaban J connectivity index is 1.54. The number of hydrogen-bond acceptors (Lipinski definition) is 4. The van der Waals surface area contributed by atoms with Gasteiger partial charge in [0.1, 0.15) is 5.01 Å². The molecule has 114 valence electrons. The summed E-state index contributed by atoms with van der Waals surface area (Å²) in [6, 6.07) is 0. The number of rotatable bonds is 4. The van der Waals surface area contributed by atoms with Crippen LogP contribution in [0.15, 0.2) is 0 Å². The van der Waals surface area contributed by atoms with Crippen molar-refractivity contribution in [3.8, 4) is 0 Å². The second kappa shape index (κ2) is 5.04. The van der Waals surface area contributed by atoms with Crippen molar-refractivity contribution >= 4 is 22.4 Å². The molecule has 0 spiro atoms. The molecular weight excluding hydrogens is 282 g/mol. The van der Waals surface area contributed by atoms with Crippen LogP contribution in [0, 0.1) is 17.8 Å². The molecule has 0 atom stereocenters. The highest BCUT2D eigenvalue weighted by molar-refractivity contribution is 7.15. The minimum Gasteiger partial charge on any atom is -0.301 e. The first kappa shape index (κ1) is 13.7. The van der Waals surface area contributed by atoms with E-state index in [0.29, 0.717) is 17.0 Å². The molecule has 0 aliphatic heterocycles. The molecular formula is C16H23N3OS. The lowest BCUT2D eigenvalue weighted by atomic mass is 9.50. The monoisotopic (exact) mass is 305 g/mol. The number of aromatic nitrogens is 2. The van der Waals surface area contributed by atoms with Gasteiger partial charge in [-0.05, 0) is 62.7 Å².